The van der Waals surface area contributed by atoms with Crippen LogP contribution in [0.2, 0.25) is 0 Å². The summed E-state index contributed by atoms with van der Waals surface area (Å²) in [5.41, 5.74) is 4.65. The molecule has 21 heavy (non-hydrogen) atoms. The second-order valence-electron chi connectivity index (χ2n) is 6.48. The van der Waals surface area contributed by atoms with Crippen molar-refractivity contribution in [2.75, 3.05) is 0 Å². The normalized spacial score (nSPS) is 10.9. The maximum atomic E-state index is 2.40. The molecule has 0 aromatic heterocycles. The van der Waals surface area contributed by atoms with Crippen LogP contribution in [0.15, 0.2) is 30.3 Å². The fourth-order valence-electron chi connectivity index (χ4n) is 3.16. The largest absolute Gasteiger partial charge is 0.0616 e. The summed E-state index contributed by atoms with van der Waals surface area (Å²) < 4.78 is 0. The first-order valence-corrected chi connectivity index (χ1v) is 7.48. The van der Waals surface area contributed by atoms with Gasteiger partial charge in [-0.05, 0) is 45.2 Å². The Bertz CT molecular complexity index is 583. The fraction of sp³-hybridized carbons (Fsp3) is 0.474. The number of fused-ring (bicyclic) bond motifs is 1. The third kappa shape index (κ3) is 4.59. The number of hydrogen-bond donors (Lipinski definition) is 0. The summed E-state index contributed by atoms with van der Waals surface area (Å²) in [6.07, 6.45) is 0. The van der Waals surface area contributed by atoms with Gasteiger partial charge in [0.15, 0.2) is 0 Å². The Balaban J connectivity index is 0.00000200. The minimum atomic E-state index is 0. The summed E-state index contributed by atoms with van der Waals surface area (Å²) in [6, 6.07) is 11.2. The van der Waals surface area contributed by atoms with E-state index < -0.39 is 0 Å². The van der Waals surface area contributed by atoms with Crippen LogP contribution in [0, 0.1) is 0 Å². The standard InChI is InChI=1S/C19H26.2Na/c1-12(2)17-11-15-9-7-8-10-16(15)18(13(3)4)19(17)14(5)6;;/h7-14H,1-6H3;;. The molecule has 0 amide bonds. The average Bonchev–Trinajstić information content (AvgIpc) is 2.35. The quantitative estimate of drug-likeness (QED) is 0.661. The van der Waals surface area contributed by atoms with E-state index in [0.29, 0.717) is 17.8 Å². The summed E-state index contributed by atoms with van der Waals surface area (Å²) in [7, 11) is 0. The van der Waals surface area contributed by atoms with Crippen LogP contribution in [0.5, 0.6) is 0 Å². The predicted octanol–water partition coefficient (Wildman–Crippen LogP) is 5.45. The minimum absolute atomic E-state index is 0. The second kappa shape index (κ2) is 9.11. The Hall–Kier alpha value is 0.700. The van der Waals surface area contributed by atoms with Crippen LogP contribution in [-0.4, -0.2) is 59.1 Å². The van der Waals surface area contributed by atoms with Gasteiger partial charge < -0.3 is 0 Å². The molecule has 2 rings (SSSR count). The SMILES string of the molecule is CC(C)c1cc2ccccc2c(C(C)C)c1C(C)C.[Na].[Na]. The molecule has 0 unspecified atom stereocenters. The van der Waals surface area contributed by atoms with E-state index in [0.717, 1.165) is 0 Å². The van der Waals surface area contributed by atoms with Crippen LogP contribution in [0.4, 0.5) is 0 Å². The van der Waals surface area contributed by atoms with Gasteiger partial charge >= 0.3 is 0 Å². The molecule has 0 saturated carbocycles. The van der Waals surface area contributed by atoms with Gasteiger partial charge in [-0.25, -0.2) is 0 Å². The molecular formula is C19H26Na2. The van der Waals surface area contributed by atoms with Crippen LogP contribution in [0.3, 0.4) is 0 Å². The Morgan fingerprint density at radius 2 is 1.19 bits per heavy atom. The first-order chi connectivity index (χ1) is 8.93. The van der Waals surface area contributed by atoms with Crippen molar-refractivity contribution in [3.05, 3.63) is 47.0 Å². The molecule has 2 heteroatoms. The topological polar surface area (TPSA) is 0 Å². The summed E-state index contributed by atoms with van der Waals surface area (Å²) in [5.74, 6) is 1.74. The van der Waals surface area contributed by atoms with Crippen molar-refractivity contribution >= 4 is 69.9 Å². The van der Waals surface area contributed by atoms with E-state index in [1.165, 1.54) is 16.3 Å². The molecule has 0 heterocycles. The average molecular weight is 300 g/mol. The predicted molar refractivity (Wildman–Crippen MR) is 97.7 cm³/mol. The monoisotopic (exact) mass is 300 g/mol. The van der Waals surface area contributed by atoms with Crippen LogP contribution < -0.4 is 0 Å². The van der Waals surface area contributed by atoms with Crippen LogP contribution in [0.1, 0.15) is 76.0 Å². The molecule has 2 aromatic rings. The van der Waals surface area contributed by atoms with Gasteiger partial charge in [-0.1, -0.05) is 71.9 Å². The molecule has 0 spiro atoms. The summed E-state index contributed by atoms with van der Waals surface area (Å²) in [4.78, 5) is 0. The summed E-state index contributed by atoms with van der Waals surface area (Å²) >= 11 is 0. The maximum Gasteiger partial charge on any atom is 0 e. The minimum Gasteiger partial charge on any atom is -0.0616 e. The fourth-order valence-corrected chi connectivity index (χ4v) is 3.16. The molecule has 0 bridgehead atoms. The Morgan fingerprint density at radius 3 is 1.67 bits per heavy atom. The summed E-state index contributed by atoms with van der Waals surface area (Å²) in [5, 5.41) is 2.82. The molecular weight excluding hydrogens is 274 g/mol. The molecule has 0 fully saturated rings. The van der Waals surface area contributed by atoms with E-state index in [2.05, 4.69) is 71.9 Å². The first-order valence-electron chi connectivity index (χ1n) is 7.48. The van der Waals surface area contributed by atoms with E-state index in [4.69, 9.17) is 0 Å². The van der Waals surface area contributed by atoms with E-state index in [-0.39, 0.29) is 59.1 Å². The van der Waals surface area contributed by atoms with E-state index in [1.54, 1.807) is 11.1 Å². The molecule has 0 saturated heterocycles. The molecule has 0 N–H and O–H groups in total. The number of benzene rings is 2. The van der Waals surface area contributed by atoms with Crippen molar-refractivity contribution in [2.24, 2.45) is 0 Å². The van der Waals surface area contributed by atoms with Crippen molar-refractivity contribution in [3.8, 4) is 0 Å². The van der Waals surface area contributed by atoms with Crippen molar-refractivity contribution in [1.82, 2.24) is 0 Å². The van der Waals surface area contributed by atoms with Crippen molar-refractivity contribution < 1.29 is 0 Å². The molecule has 2 radical (unpaired) electrons. The summed E-state index contributed by atoms with van der Waals surface area (Å²) in [6.45, 7) is 13.9. The van der Waals surface area contributed by atoms with Crippen molar-refractivity contribution in [2.45, 2.75) is 59.3 Å². The molecule has 0 aliphatic carbocycles. The van der Waals surface area contributed by atoms with E-state index in [1.807, 2.05) is 0 Å². The van der Waals surface area contributed by atoms with Crippen LogP contribution in [0.25, 0.3) is 10.8 Å². The van der Waals surface area contributed by atoms with Gasteiger partial charge in [0.2, 0.25) is 0 Å². The zero-order chi connectivity index (χ0) is 14.2. The molecule has 0 nitrogen and oxygen atoms in total. The zero-order valence-electron chi connectivity index (χ0n) is 15.1. The molecule has 0 atom stereocenters. The van der Waals surface area contributed by atoms with Crippen molar-refractivity contribution in [3.63, 3.8) is 0 Å². The number of hydrogen-bond acceptors (Lipinski definition) is 0. The van der Waals surface area contributed by atoms with Gasteiger partial charge in [-0.15, -0.1) is 0 Å². The van der Waals surface area contributed by atoms with Gasteiger partial charge in [0, 0.05) is 59.1 Å². The Labute approximate surface area is 174 Å². The van der Waals surface area contributed by atoms with E-state index in [9.17, 15) is 0 Å². The number of rotatable bonds is 3. The van der Waals surface area contributed by atoms with Crippen LogP contribution >= 0.6 is 0 Å². The molecule has 0 aliphatic rings. The molecule has 2 aromatic carbocycles. The third-order valence-electron chi connectivity index (χ3n) is 3.94. The van der Waals surface area contributed by atoms with Gasteiger partial charge in [0.1, 0.15) is 0 Å². The maximum absolute atomic E-state index is 2.40. The smallest absolute Gasteiger partial charge is 0 e. The van der Waals surface area contributed by atoms with Gasteiger partial charge in [-0.3, -0.25) is 0 Å². The third-order valence-corrected chi connectivity index (χ3v) is 3.94. The first kappa shape index (κ1) is 21.7. The molecule has 104 valence electrons. The zero-order valence-corrected chi connectivity index (χ0v) is 19.1. The molecule has 0 aliphatic heterocycles. The van der Waals surface area contributed by atoms with Crippen molar-refractivity contribution in [1.29, 1.82) is 0 Å². The van der Waals surface area contributed by atoms with E-state index >= 15 is 0 Å². The Kier molecular flexibility index (Phi) is 9.41. The van der Waals surface area contributed by atoms with Gasteiger partial charge in [0.05, 0.1) is 0 Å². The second-order valence-corrected chi connectivity index (χ2v) is 6.48. The van der Waals surface area contributed by atoms with Gasteiger partial charge in [0.25, 0.3) is 0 Å². The van der Waals surface area contributed by atoms with Gasteiger partial charge in [-0.2, -0.15) is 0 Å². The van der Waals surface area contributed by atoms with Crippen LogP contribution in [-0.2, 0) is 0 Å². The Morgan fingerprint density at radius 1 is 0.667 bits per heavy atom.